The second-order valence-electron chi connectivity index (χ2n) is 10.7. The number of hydrogen-bond acceptors (Lipinski definition) is 7. The van der Waals surface area contributed by atoms with Crippen LogP contribution in [0.15, 0.2) is 30.7 Å². The quantitative estimate of drug-likeness (QED) is 0.547. The first-order valence-electron chi connectivity index (χ1n) is 13.0. The predicted octanol–water partition coefficient (Wildman–Crippen LogP) is 3.97. The van der Waals surface area contributed by atoms with E-state index in [2.05, 4.69) is 19.8 Å². The molecule has 1 spiro atoms. The molecule has 3 saturated heterocycles. The number of ether oxygens (including phenoxy) is 2. The van der Waals surface area contributed by atoms with Crippen LogP contribution in [0.1, 0.15) is 33.6 Å². The summed E-state index contributed by atoms with van der Waals surface area (Å²) in [6.07, 6.45) is 5.50. The summed E-state index contributed by atoms with van der Waals surface area (Å²) in [5.41, 5.74) is 0.728. The van der Waals surface area contributed by atoms with Gasteiger partial charge in [0.25, 0.3) is 0 Å². The fourth-order valence-corrected chi connectivity index (χ4v) is 5.72. The second-order valence-corrected chi connectivity index (χ2v) is 10.7. The lowest BCUT2D eigenvalue weighted by molar-refractivity contribution is -0.121. The Balaban J connectivity index is 1.27. The molecule has 0 unspecified atom stereocenters. The molecule has 1 amide bonds. The number of hydrogen-bond donors (Lipinski definition) is 0. The van der Waals surface area contributed by atoms with Gasteiger partial charge in [0.1, 0.15) is 12.1 Å². The van der Waals surface area contributed by atoms with Crippen LogP contribution in [0.3, 0.4) is 0 Å². The van der Waals surface area contributed by atoms with Gasteiger partial charge in [0, 0.05) is 69.9 Å². The third kappa shape index (κ3) is 5.04. The Morgan fingerprint density at radius 2 is 1.97 bits per heavy atom. The predicted molar refractivity (Wildman–Crippen MR) is 136 cm³/mol. The molecular formula is C27H36FN5O3. The van der Waals surface area contributed by atoms with Crippen molar-refractivity contribution in [3.63, 3.8) is 0 Å². The largest absolute Gasteiger partial charge is 0.450 e. The Hall–Kier alpha value is -2.78. The summed E-state index contributed by atoms with van der Waals surface area (Å²) in [4.78, 5) is 27.8. The summed E-state index contributed by atoms with van der Waals surface area (Å²) in [7, 11) is 0. The summed E-state index contributed by atoms with van der Waals surface area (Å²) in [5.74, 6) is 1.67. The lowest BCUT2D eigenvalue weighted by Gasteiger charge is -2.61. The summed E-state index contributed by atoms with van der Waals surface area (Å²) < 4.78 is 25.9. The van der Waals surface area contributed by atoms with Crippen LogP contribution in [-0.2, 0) is 9.53 Å². The van der Waals surface area contributed by atoms with Crippen molar-refractivity contribution in [2.24, 2.45) is 17.3 Å². The molecule has 194 valence electrons. The van der Waals surface area contributed by atoms with Gasteiger partial charge in [0.15, 0.2) is 17.3 Å². The lowest BCUT2D eigenvalue weighted by atomic mass is 9.72. The lowest BCUT2D eigenvalue weighted by Crippen LogP contribution is -2.72. The fourth-order valence-electron chi connectivity index (χ4n) is 5.72. The van der Waals surface area contributed by atoms with Crippen LogP contribution in [0, 0.1) is 23.1 Å². The number of halogens is 1. The maximum atomic E-state index is 14.2. The van der Waals surface area contributed by atoms with Crippen molar-refractivity contribution in [2.75, 3.05) is 62.3 Å². The van der Waals surface area contributed by atoms with Gasteiger partial charge >= 0.3 is 0 Å². The monoisotopic (exact) mass is 497 g/mol. The Morgan fingerprint density at radius 1 is 1.22 bits per heavy atom. The van der Waals surface area contributed by atoms with E-state index in [0.717, 1.165) is 51.1 Å². The summed E-state index contributed by atoms with van der Waals surface area (Å²) in [6.45, 7) is 13.0. The number of carbonyl (C=O) groups is 1. The summed E-state index contributed by atoms with van der Waals surface area (Å²) >= 11 is 0. The zero-order chi connectivity index (χ0) is 25.3. The van der Waals surface area contributed by atoms with Gasteiger partial charge in [-0.05, 0) is 37.8 Å². The Labute approximate surface area is 212 Å². The number of likely N-dealkylation sites (tertiary alicyclic amines) is 1. The van der Waals surface area contributed by atoms with E-state index < -0.39 is 5.82 Å². The molecule has 0 bridgehead atoms. The molecule has 0 saturated carbocycles. The zero-order valence-electron chi connectivity index (χ0n) is 21.5. The third-order valence-electron chi connectivity index (χ3n) is 7.49. The molecule has 2 aromatic rings. The Kier molecular flexibility index (Phi) is 7.12. The van der Waals surface area contributed by atoms with E-state index in [1.807, 2.05) is 20.8 Å². The topological polar surface area (TPSA) is 71.0 Å². The smallest absolute Gasteiger partial charge is 0.229 e. The number of benzene rings is 1. The SMILES string of the molecule is CCN(C(=O)C(C)C)c1cc(F)ccc1Oc1cncnc1N1CC2(CN(CC3CCOCC3)C2)C1. The van der Waals surface area contributed by atoms with E-state index in [9.17, 15) is 9.18 Å². The van der Waals surface area contributed by atoms with Crippen LogP contribution in [0.2, 0.25) is 0 Å². The van der Waals surface area contributed by atoms with Crippen molar-refractivity contribution in [2.45, 2.75) is 33.6 Å². The third-order valence-corrected chi connectivity index (χ3v) is 7.49. The van der Waals surface area contributed by atoms with Gasteiger partial charge in [-0.1, -0.05) is 13.8 Å². The van der Waals surface area contributed by atoms with Crippen molar-refractivity contribution in [1.29, 1.82) is 0 Å². The van der Waals surface area contributed by atoms with Gasteiger partial charge in [-0.25, -0.2) is 14.4 Å². The molecule has 9 heteroatoms. The zero-order valence-corrected chi connectivity index (χ0v) is 21.5. The molecule has 8 nitrogen and oxygen atoms in total. The van der Waals surface area contributed by atoms with Crippen LogP contribution in [0.4, 0.5) is 15.9 Å². The normalized spacial score (nSPS) is 19.8. The minimum atomic E-state index is -0.420. The van der Waals surface area contributed by atoms with Gasteiger partial charge in [-0.2, -0.15) is 0 Å². The molecule has 1 aromatic carbocycles. The molecule has 4 heterocycles. The molecule has 3 aliphatic rings. The molecule has 0 aliphatic carbocycles. The maximum Gasteiger partial charge on any atom is 0.229 e. The molecule has 3 fully saturated rings. The molecule has 3 aliphatic heterocycles. The molecule has 0 atom stereocenters. The van der Waals surface area contributed by atoms with Crippen molar-refractivity contribution >= 4 is 17.4 Å². The van der Waals surface area contributed by atoms with Gasteiger partial charge < -0.3 is 24.2 Å². The number of amides is 1. The average molecular weight is 498 g/mol. The maximum absolute atomic E-state index is 14.2. The molecule has 0 N–H and O–H groups in total. The number of rotatable bonds is 8. The van der Waals surface area contributed by atoms with E-state index in [4.69, 9.17) is 9.47 Å². The Bertz CT molecular complexity index is 1080. The van der Waals surface area contributed by atoms with E-state index in [1.165, 1.54) is 37.8 Å². The molecule has 5 rings (SSSR count). The number of aromatic nitrogens is 2. The minimum Gasteiger partial charge on any atom is -0.450 e. The van der Waals surface area contributed by atoms with Crippen LogP contribution in [0.25, 0.3) is 0 Å². The van der Waals surface area contributed by atoms with Crippen LogP contribution in [0.5, 0.6) is 11.5 Å². The summed E-state index contributed by atoms with van der Waals surface area (Å²) in [5, 5.41) is 0. The average Bonchev–Trinajstić information content (AvgIpc) is 2.83. The number of nitrogens with zero attached hydrogens (tertiary/aromatic N) is 5. The van der Waals surface area contributed by atoms with Crippen LogP contribution < -0.4 is 14.5 Å². The molecule has 36 heavy (non-hydrogen) atoms. The molecule has 0 radical (unpaired) electrons. The van der Waals surface area contributed by atoms with Crippen molar-refractivity contribution in [3.05, 3.63) is 36.5 Å². The van der Waals surface area contributed by atoms with E-state index in [0.29, 0.717) is 29.1 Å². The minimum absolute atomic E-state index is 0.0857. The first-order chi connectivity index (χ1) is 17.4. The summed E-state index contributed by atoms with van der Waals surface area (Å²) in [6, 6.07) is 4.26. The molecular weight excluding hydrogens is 461 g/mol. The highest BCUT2D eigenvalue weighted by Crippen LogP contribution is 2.45. The van der Waals surface area contributed by atoms with E-state index in [-0.39, 0.29) is 11.8 Å². The Morgan fingerprint density at radius 3 is 2.67 bits per heavy atom. The van der Waals surface area contributed by atoms with Gasteiger partial charge in [-0.3, -0.25) is 4.79 Å². The highest BCUT2D eigenvalue weighted by Gasteiger charge is 2.52. The number of carbonyl (C=O) groups excluding carboxylic acids is 1. The van der Waals surface area contributed by atoms with Crippen molar-refractivity contribution in [3.8, 4) is 11.5 Å². The molecule has 1 aromatic heterocycles. The van der Waals surface area contributed by atoms with Crippen LogP contribution >= 0.6 is 0 Å². The van der Waals surface area contributed by atoms with Gasteiger partial charge in [0.05, 0.1) is 11.9 Å². The van der Waals surface area contributed by atoms with E-state index in [1.54, 1.807) is 17.2 Å². The first kappa shape index (κ1) is 24.9. The highest BCUT2D eigenvalue weighted by molar-refractivity contribution is 5.96. The van der Waals surface area contributed by atoms with Crippen molar-refractivity contribution in [1.82, 2.24) is 14.9 Å². The van der Waals surface area contributed by atoms with Crippen LogP contribution in [-0.4, -0.2) is 73.3 Å². The second kappa shape index (κ2) is 10.3. The number of anilines is 2. The van der Waals surface area contributed by atoms with Crippen molar-refractivity contribution < 1.29 is 18.7 Å². The standard InChI is InChI=1S/C27H36FN5O3/c1-4-33(26(34)19(2)3)22-11-21(28)5-6-23(22)36-24-12-29-18-30-25(24)32-16-27(17-32)14-31(15-27)13-20-7-9-35-10-8-20/h5-6,11-12,18-20H,4,7-10,13-17H2,1-3H3. The van der Waals surface area contributed by atoms with E-state index >= 15 is 0 Å². The fraction of sp³-hybridized carbons (Fsp3) is 0.593. The van der Waals surface area contributed by atoms with Gasteiger partial charge in [-0.15, -0.1) is 0 Å². The highest BCUT2D eigenvalue weighted by atomic mass is 19.1. The first-order valence-corrected chi connectivity index (χ1v) is 13.0. The van der Waals surface area contributed by atoms with Gasteiger partial charge in [0.2, 0.25) is 5.91 Å².